The van der Waals surface area contributed by atoms with E-state index in [-0.39, 0.29) is 23.9 Å². The van der Waals surface area contributed by atoms with Crippen LogP contribution in [0.15, 0.2) is 29.3 Å². The maximum absolute atomic E-state index is 12.4. The van der Waals surface area contributed by atoms with Crippen LogP contribution >= 0.6 is 0 Å². The molecule has 0 spiro atoms. The molecule has 3 rings (SSSR count). The van der Waals surface area contributed by atoms with Gasteiger partial charge in [0.05, 0.1) is 0 Å². The van der Waals surface area contributed by atoms with Gasteiger partial charge in [0, 0.05) is 41.7 Å². The van der Waals surface area contributed by atoms with Gasteiger partial charge in [0.2, 0.25) is 5.91 Å². The highest BCUT2D eigenvalue weighted by atomic mass is 16.1. The minimum Gasteiger partial charge on any atom is -0.353 e. The Kier molecular flexibility index (Phi) is 5.78. The minimum absolute atomic E-state index is 0.0366. The SMILES string of the molecule is Cc1nc(-c2cccnc2)[nH]c(=O)c1CCC(=O)NC1CCCC1CN. The number of pyridine rings is 1. The summed E-state index contributed by atoms with van der Waals surface area (Å²) in [6.45, 7) is 2.40. The largest absolute Gasteiger partial charge is 0.353 e. The second-order valence-electron chi connectivity index (χ2n) is 6.82. The van der Waals surface area contributed by atoms with Gasteiger partial charge >= 0.3 is 0 Å². The van der Waals surface area contributed by atoms with Crippen molar-refractivity contribution in [3.63, 3.8) is 0 Å². The van der Waals surface area contributed by atoms with Crippen LogP contribution in [0.1, 0.15) is 36.9 Å². The zero-order valence-corrected chi connectivity index (χ0v) is 15.0. The van der Waals surface area contributed by atoms with Crippen LogP contribution in [-0.2, 0) is 11.2 Å². The predicted molar refractivity (Wildman–Crippen MR) is 99.5 cm³/mol. The van der Waals surface area contributed by atoms with Gasteiger partial charge in [-0.25, -0.2) is 4.98 Å². The first-order valence-electron chi connectivity index (χ1n) is 9.08. The summed E-state index contributed by atoms with van der Waals surface area (Å²) < 4.78 is 0. The van der Waals surface area contributed by atoms with Gasteiger partial charge in [0.15, 0.2) is 0 Å². The van der Waals surface area contributed by atoms with Crippen LogP contribution in [0.5, 0.6) is 0 Å². The first-order valence-corrected chi connectivity index (χ1v) is 9.08. The molecule has 138 valence electrons. The molecule has 2 atom stereocenters. The molecule has 0 aliphatic heterocycles. The molecule has 4 N–H and O–H groups in total. The Bertz CT molecular complexity index is 818. The lowest BCUT2D eigenvalue weighted by Crippen LogP contribution is -2.40. The lowest BCUT2D eigenvalue weighted by molar-refractivity contribution is -0.122. The van der Waals surface area contributed by atoms with E-state index >= 15 is 0 Å². The molecule has 26 heavy (non-hydrogen) atoms. The maximum atomic E-state index is 12.4. The fourth-order valence-corrected chi connectivity index (χ4v) is 3.57. The van der Waals surface area contributed by atoms with Crippen molar-refractivity contribution >= 4 is 5.91 Å². The Labute approximate surface area is 152 Å². The lowest BCUT2D eigenvalue weighted by Gasteiger charge is -2.19. The third-order valence-electron chi connectivity index (χ3n) is 5.07. The standard InChI is InChI=1S/C19H25N5O2/c1-12-15(7-8-17(25)23-16-6-2-4-13(16)10-20)19(26)24-18(22-12)14-5-3-9-21-11-14/h3,5,9,11,13,16H,2,4,6-8,10,20H2,1H3,(H,23,25)(H,22,24,26). The molecule has 1 amide bonds. The van der Waals surface area contributed by atoms with Crippen molar-refractivity contribution in [3.8, 4) is 11.4 Å². The van der Waals surface area contributed by atoms with E-state index in [0.29, 0.717) is 36.0 Å². The summed E-state index contributed by atoms with van der Waals surface area (Å²) in [7, 11) is 0. The molecule has 0 saturated heterocycles. The zero-order chi connectivity index (χ0) is 18.5. The average molecular weight is 355 g/mol. The average Bonchev–Trinajstić information content (AvgIpc) is 3.08. The van der Waals surface area contributed by atoms with E-state index in [1.54, 1.807) is 25.4 Å². The molecule has 1 fully saturated rings. The number of nitrogens with zero attached hydrogens (tertiary/aromatic N) is 2. The van der Waals surface area contributed by atoms with Gasteiger partial charge in [0.1, 0.15) is 5.82 Å². The predicted octanol–water partition coefficient (Wildman–Crippen LogP) is 1.32. The molecule has 1 aliphatic rings. The van der Waals surface area contributed by atoms with Crippen LogP contribution in [-0.4, -0.2) is 33.4 Å². The Morgan fingerprint density at radius 2 is 2.27 bits per heavy atom. The molecular formula is C19H25N5O2. The highest BCUT2D eigenvalue weighted by Gasteiger charge is 2.27. The fraction of sp³-hybridized carbons (Fsp3) is 0.474. The van der Waals surface area contributed by atoms with Crippen LogP contribution in [0.25, 0.3) is 11.4 Å². The highest BCUT2D eigenvalue weighted by Crippen LogP contribution is 2.24. The number of aromatic amines is 1. The van der Waals surface area contributed by atoms with Gasteiger partial charge in [0.25, 0.3) is 5.56 Å². The van der Waals surface area contributed by atoms with Crippen molar-refractivity contribution < 1.29 is 4.79 Å². The summed E-state index contributed by atoms with van der Waals surface area (Å²) in [6.07, 6.45) is 7.11. The molecule has 2 unspecified atom stereocenters. The monoisotopic (exact) mass is 355 g/mol. The van der Waals surface area contributed by atoms with Gasteiger partial charge in [-0.15, -0.1) is 0 Å². The zero-order valence-electron chi connectivity index (χ0n) is 15.0. The molecule has 2 aromatic rings. The van der Waals surface area contributed by atoms with Crippen molar-refractivity contribution in [3.05, 3.63) is 46.1 Å². The number of carbonyl (C=O) groups is 1. The number of aryl methyl sites for hydroxylation is 1. The Hall–Kier alpha value is -2.54. The lowest BCUT2D eigenvalue weighted by atomic mass is 10.0. The highest BCUT2D eigenvalue weighted by molar-refractivity contribution is 5.76. The molecule has 7 nitrogen and oxygen atoms in total. The van der Waals surface area contributed by atoms with Crippen LogP contribution in [0, 0.1) is 12.8 Å². The molecule has 2 heterocycles. The van der Waals surface area contributed by atoms with Gasteiger partial charge in [-0.2, -0.15) is 0 Å². The van der Waals surface area contributed by atoms with Gasteiger partial charge in [-0.05, 0) is 50.8 Å². The van der Waals surface area contributed by atoms with Crippen molar-refractivity contribution in [1.29, 1.82) is 0 Å². The van der Waals surface area contributed by atoms with Crippen LogP contribution < -0.4 is 16.6 Å². The van der Waals surface area contributed by atoms with Crippen LogP contribution in [0.3, 0.4) is 0 Å². The number of nitrogens with two attached hydrogens (primary N) is 1. The Morgan fingerprint density at radius 1 is 1.42 bits per heavy atom. The molecular weight excluding hydrogens is 330 g/mol. The molecule has 0 bridgehead atoms. The van der Waals surface area contributed by atoms with Gasteiger partial charge < -0.3 is 16.0 Å². The number of hydrogen-bond acceptors (Lipinski definition) is 5. The third-order valence-corrected chi connectivity index (χ3v) is 5.07. The first-order chi connectivity index (χ1) is 12.6. The van der Waals surface area contributed by atoms with Gasteiger partial charge in [-0.1, -0.05) is 6.42 Å². The number of aromatic nitrogens is 3. The second kappa shape index (κ2) is 8.23. The number of H-pyrrole nitrogens is 1. The van der Waals surface area contributed by atoms with Crippen molar-refractivity contribution in [2.45, 2.75) is 45.1 Å². The van der Waals surface area contributed by atoms with E-state index in [0.717, 1.165) is 24.8 Å². The number of amides is 1. The summed E-state index contributed by atoms with van der Waals surface area (Å²) in [6, 6.07) is 3.80. The number of rotatable bonds is 6. The van der Waals surface area contributed by atoms with Gasteiger partial charge in [-0.3, -0.25) is 14.6 Å². The molecule has 2 aromatic heterocycles. The van der Waals surface area contributed by atoms with Crippen molar-refractivity contribution in [2.24, 2.45) is 11.7 Å². The Balaban J connectivity index is 1.65. The number of nitrogens with one attached hydrogen (secondary N) is 2. The van der Waals surface area contributed by atoms with Crippen molar-refractivity contribution in [1.82, 2.24) is 20.3 Å². The summed E-state index contributed by atoms with van der Waals surface area (Å²) in [5.74, 6) is 0.820. The number of carbonyl (C=O) groups excluding carboxylic acids is 1. The van der Waals surface area contributed by atoms with E-state index in [4.69, 9.17) is 5.73 Å². The molecule has 0 aromatic carbocycles. The summed E-state index contributed by atoms with van der Waals surface area (Å²) in [5, 5.41) is 3.07. The van der Waals surface area contributed by atoms with E-state index < -0.39 is 0 Å². The van der Waals surface area contributed by atoms with E-state index in [9.17, 15) is 9.59 Å². The molecule has 7 heteroatoms. The smallest absolute Gasteiger partial charge is 0.254 e. The van der Waals surface area contributed by atoms with Crippen LogP contribution in [0.4, 0.5) is 0 Å². The topological polar surface area (TPSA) is 114 Å². The first kappa shape index (κ1) is 18.3. The fourth-order valence-electron chi connectivity index (χ4n) is 3.57. The summed E-state index contributed by atoms with van der Waals surface area (Å²) >= 11 is 0. The molecule has 1 aliphatic carbocycles. The van der Waals surface area contributed by atoms with E-state index in [1.165, 1.54) is 0 Å². The second-order valence-corrected chi connectivity index (χ2v) is 6.82. The number of hydrogen-bond donors (Lipinski definition) is 3. The Morgan fingerprint density at radius 3 is 2.96 bits per heavy atom. The van der Waals surface area contributed by atoms with E-state index in [2.05, 4.69) is 20.3 Å². The van der Waals surface area contributed by atoms with Crippen molar-refractivity contribution in [2.75, 3.05) is 6.54 Å². The quantitative estimate of drug-likeness (QED) is 0.723. The summed E-state index contributed by atoms with van der Waals surface area (Å²) in [4.78, 5) is 36.0. The minimum atomic E-state index is -0.204. The molecule has 1 saturated carbocycles. The summed E-state index contributed by atoms with van der Waals surface area (Å²) in [5.41, 5.74) is 7.50. The normalized spacial score (nSPS) is 19.5. The molecule has 0 radical (unpaired) electrons. The third kappa shape index (κ3) is 4.16. The van der Waals surface area contributed by atoms with E-state index in [1.807, 2.05) is 6.07 Å². The maximum Gasteiger partial charge on any atom is 0.254 e. The van der Waals surface area contributed by atoms with Crippen LogP contribution in [0.2, 0.25) is 0 Å².